The zero-order valence-electron chi connectivity index (χ0n) is 7.79. The summed E-state index contributed by atoms with van der Waals surface area (Å²) in [6.45, 7) is 2.04. The lowest BCUT2D eigenvalue weighted by atomic mass is 10.0. The number of carbonyl (C=O) groups excluding carboxylic acids is 1. The van der Waals surface area contributed by atoms with Crippen molar-refractivity contribution in [2.45, 2.75) is 26.2 Å². The van der Waals surface area contributed by atoms with Gasteiger partial charge in [0.1, 0.15) is 12.0 Å². The van der Waals surface area contributed by atoms with Crippen molar-refractivity contribution < 1.29 is 9.90 Å². The first-order valence-corrected chi connectivity index (χ1v) is 4.51. The van der Waals surface area contributed by atoms with Gasteiger partial charge in [-0.15, -0.1) is 0 Å². The number of hydrogen-bond donors (Lipinski definition) is 1. The van der Waals surface area contributed by atoms with Gasteiger partial charge in [-0.25, -0.2) is 0 Å². The number of rotatable bonds is 4. The van der Waals surface area contributed by atoms with Crippen molar-refractivity contribution in [3.8, 4) is 5.75 Å². The Morgan fingerprint density at radius 3 is 2.62 bits per heavy atom. The largest absolute Gasteiger partial charge is 0.508 e. The van der Waals surface area contributed by atoms with Crippen molar-refractivity contribution in [3.05, 3.63) is 29.3 Å². The van der Waals surface area contributed by atoms with Gasteiger partial charge in [0.15, 0.2) is 0 Å². The van der Waals surface area contributed by atoms with Crippen molar-refractivity contribution >= 4 is 6.29 Å². The number of hydrogen-bond acceptors (Lipinski definition) is 2. The maximum absolute atomic E-state index is 10.2. The average Bonchev–Trinajstić information content (AvgIpc) is 2.14. The Bertz CT molecular complexity index is 292. The van der Waals surface area contributed by atoms with E-state index in [-0.39, 0.29) is 0 Å². The topological polar surface area (TPSA) is 37.3 Å². The Morgan fingerprint density at radius 1 is 1.31 bits per heavy atom. The number of phenols is 1. The van der Waals surface area contributed by atoms with Gasteiger partial charge in [-0.05, 0) is 36.1 Å². The van der Waals surface area contributed by atoms with Crippen molar-refractivity contribution in [3.63, 3.8) is 0 Å². The van der Waals surface area contributed by atoms with Gasteiger partial charge in [0.2, 0.25) is 0 Å². The van der Waals surface area contributed by atoms with Gasteiger partial charge in [0.05, 0.1) is 0 Å². The molecule has 0 spiro atoms. The molecule has 0 atom stereocenters. The number of aldehydes is 1. The van der Waals surface area contributed by atoms with Crippen molar-refractivity contribution in [2.75, 3.05) is 0 Å². The monoisotopic (exact) mass is 178 g/mol. The fourth-order valence-electron chi connectivity index (χ4n) is 1.32. The van der Waals surface area contributed by atoms with E-state index in [0.29, 0.717) is 18.6 Å². The highest BCUT2D eigenvalue weighted by Gasteiger charge is 1.98. The van der Waals surface area contributed by atoms with Crippen molar-refractivity contribution in [1.82, 2.24) is 0 Å². The molecule has 70 valence electrons. The number of phenolic OH excluding ortho intramolecular Hbond substituents is 1. The fourth-order valence-corrected chi connectivity index (χ4v) is 1.32. The van der Waals surface area contributed by atoms with E-state index >= 15 is 0 Å². The molecule has 0 bridgehead atoms. The molecule has 1 N–H and O–H groups in total. The second kappa shape index (κ2) is 4.65. The van der Waals surface area contributed by atoms with Gasteiger partial charge in [0, 0.05) is 6.42 Å². The molecule has 0 heterocycles. The summed E-state index contributed by atoms with van der Waals surface area (Å²) in [5.41, 5.74) is 2.14. The van der Waals surface area contributed by atoms with E-state index in [1.165, 1.54) is 0 Å². The molecule has 0 aliphatic carbocycles. The molecule has 0 fully saturated rings. The minimum absolute atomic E-state index is 0.292. The normalized spacial score (nSPS) is 9.92. The summed E-state index contributed by atoms with van der Waals surface area (Å²) < 4.78 is 0. The first-order chi connectivity index (χ1) is 6.26. The van der Waals surface area contributed by atoms with Crippen LogP contribution in [0.25, 0.3) is 0 Å². The number of benzene rings is 1. The lowest BCUT2D eigenvalue weighted by molar-refractivity contribution is -0.107. The van der Waals surface area contributed by atoms with Gasteiger partial charge < -0.3 is 9.90 Å². The van der Waals surface area contributed by atoms with Crippen LogP contribution in [0.2, 0.25) is 0 Å². The average molecular weight is 178 g/mol. The Kier molecular flexibility index (Phi) is 3.50. The summed E-state index contributed by atoms with van der Waals surface area (Å²) in [7, 11) is 0. The summed E-state index contributed by atoms with van der Waals surface area (Å²) in [4.78, 5) is 10.2. The molecule has 0 radical (unpaired) electrons. The molecule has 1 rings (SSSR count). The van der Waals surface area contributed by atoms with Crippen molar-refractivity contribution in [1.29, 1.82) is 0 Å². The Labute approximate surface area is 78.2 Å². The second-order valence-electron chi connectivity index (χ2n) is 3.07. The van der Waals surface area contributed by atoms with Gasteiger partial charge in [0.25, 0.3) is 0 Å². The fraction of sp³-hybridized carbons (Fsp3) is 0.364. The van der Waals surface area contributed by atoms with Crippen LogP contribution in [0.15, 0.2) is 18.2 Å². The standard InChI is InChI=1S/C11H14O2/c1-2-9-6-10(4-3-5-12)8-11(13)7-9/h5-8,13H,2-4H2,1H3. The molecule has 1 aromatic carbocycles. The molecule has 0 unspecified atom stereocenters. The second-order valence-corrected chi connectivity index (χ2v) is 3.07. The van der Waals surface area contributed by atoms with E-state index in [2.05, 4.69) is 0 Å². The lowest BCUT2D eigenvalue weighted by Gasteiger charge is -2.03. The van der Waals surface area contributed by atoms with E-state index in [1.54, 1.807) is 12.1 Å². The van der Waals surface area contributed by atoms with Crippen LogP contribution < -0.4 is 0 Å². The lowest BCUT2D eigenvalue weighted by Crippen LogP contribution is -1.89. The summed E-state index contributed by atoms with van der Waals surface area (Å²) in [6, 6.07) is 5.50. The van der Waals surface area contributed by atoms with E-state index in [4.69, 9.17) is 0 Å². The van der Waals surface area contributed by atoms with Gasteiger partial charge in [-0.3, -0.25) is 0 Å². The van der Waals surface area contributed by atoms with Crippen LogP contribution in [-0.2, 0) is 17.6 Å². The Balaban J connectivity index is 2.81. The molecule has 13 heavy (non-hydrogen) atoms. The van der Waals surface area contributed by atoms with Crippen LogP contribution in [0.3, 0.4) is 0 Å². The molecule has 0 aromatic heterocycles. The Hall–Kier alpha value is -1.31. The third kappa shape index (κ3) is 2.90. The summed E-state index contributed by atoms with van der Waals surface area (Å²) in [5.74, 6) is 0.292. The predicted molar refractivity (Wildman–Crippen MR) is 51.9 cm³/mol. The molecule has 0 amide bonds. The molecule has 0 aliphatic heterocycles. The smallest absolute Gasteiger partial charge is 0.120 e. The molecule has 1 aromatic rings. The van der Waals surface area contributed by atoms with Crippen LogP contribution in [0, 0.1) is 0 Å². The highest BCUT2D eigenvalue weighted by atomic mass is 16.3. The molecule has 0 aliphatic rings. The van der Waals surface area contributed by atoms with Crippen LogP contribution >= 0.6 is 0 Å². The summed E-state index contributed by atoms with van der Waals surface area (Å²) >= 11 is 0. The van der Waals surface area contributed by atoms with Crippen LogP contribution in [0.5, 0.6) is 5.75 Å². The van der Waals surface area contributed by atoms with Crippen LogP contribution in [0.1, 0.15) is 24.5 Å². The third-order valence-corrected chi connectivity index (χ3v) is 2.00. The van der Waals surface area contributed by atoms with E-state index in [0.717, 1.165) is 23.8 Å². The number of aryl methyl sites for hydroxylation is 2. The van der Waals surface area contributed by atoms with Gasteiger partial charge in [-0.2, -0.15) is 0 Å². The number of carbonyl (C=O) groups is 1. The van der Waals surface area contributed by atoms with Crippen LogP contribution in [0.4, 0.5) is 0 Å². The highest BCUT2D eigenvalue weighted by Crippen LogP contribution is 2.17. The molecule has 0 saturated carbocycles. The third-order valence-electron chi connectivity index (χ3n) is 2.00. The van der Waals surface area contributed by atoms with E-state index in [1.807, 2.05) is 13.0 Å². The first kappa shape index (κ1) is 9.78. The molecular weight excluding hydrogens is 164 g/mol. The van der Waals surface area contributed by atoms with Crippen molar-refractivity contribution in [2.24, 2.45) is 0 Å². The minimum Gasteiger partial charge on any atom is -0.508 e. The molecule has 0 saturated heterocycles. The van der Waals surface area contributed by atoms with Gasteiger partial charge >= 0.3 is 0 Å². The highest BCUT2D eigenvalue weighted by molar-refractivity contribution is 5.50. The zero-order valence-corrected chi connectivity index (χ0v) is 7.79. The maximum Gasteiger partial charge on any atom is 0.120 e. The maximum atomic E-state index is 10.2. The minimum atomic E-state index is 0.292. The first-order valence-electron chi connectivity index (χ1n) is 4.51. The summed E-state index contributed by atoms with van der Waals surface area (Å²) in [5, 5.41) is 9.34. The van der Waals surface area contributed by atoms with E-state index in [9.17, 15) is 9.90 Å². The Morgan fingerprint density at radius 2 is 2.00 bits per heavy atom. The SMILES string of the molecule is CCc1cc(O)cc(CCC=O)c1. The molecule has 2 nitrogen and oxygen atoms in total. The predicted octanol–water partition coefficient (Wildman–Crippen LogP) is 2.09. The molecular formula is C11H14O2. The zero-order chi connectivity index (χ0) is 9.68. The number of aromatic hydroxyl groups is 1. The van der Waals surface area contributed by atoms with Crippen LogP contribution in [-0.4, -0.2) is 11.4 Å². The summed E-state index contributed by atoms with van der Waals surface area (Å²) in [6.07, 6.45) is 3.04. The van der Waals surface area contributed by atoms with E-state index < -0.39 is 0 Å². The molecule has 2 heteroatoms. The van der Waals surface area contributed by atoms with Gasteiger partial charge in [-0.1, -0.05) is 13.0 Å². The quantitative estimate of drug-likeness (QED) is 0.717.